The molecule has 0 atom stereocenters. The molecule has 0 amide bonds. The van der Waals surface area contributed by atoms with Gasteiger partial charge < -0.3 is 15.2 Å². The minimum atomic E-state index is 0.602. The second-order valence-electron chi connectivity index (χ2n) is 5.17. The van der Waals surface area contributed by atoms with Crippen molar-refractivity contribution in [3.8, 4) is 0 Å². The maximum absolute atomic E-state index is 6.15. The Morgan fingerprint density at radius 2 is 1.70 bits per heavy atom. The van der Waals surface area contributed by atoms with E-state index in [9.17, 15) is 0 Å². The van der Waals surface area contributed by atoms with Crippen molar-refractivity contribution in [1.82, 2.24) is 15.1 Å². The van der Waals surface area contributed by atoms with Gasteiger partial charge in [0, 0.05) is 22.8 Å². The van der Waals surface area contributed by atoms with E-state index in [2.05, 4.69) is 25.8 Å². The van der Waals surface area contributed by atoms with E-state index in [1.165, 1.54) is 0 Å². The summed E-state index contributed by atoms with van der Waals surface area (Å²) < 4.78 is 5.04. The highest BCUT2D eigenvalue weighted by atomic mass is 35.5. The molecule has 2 heterocycles. The molecule has 0 aliphatic carbocycles. The van der Waals surface area contributed by atoms with Gasteiger partial charge in [-0.3, -0.25) is 0 Å². The fourth-order valence-electron chi connectivity index (χ4n) is 2.13. The Balaban J connectivity index is 1.86. The van der Waals surface area contributed by atoms with Crippen LogP contribution < -0.4 is 10.6 Å². The van der Waals surface area contributed by atoms with Crippen molar-refractivity contribution in [2.75, 3.05) is 10.6 Å². The zero-order valence-electron chi connectivity index (χ0n) is 13.0. The lowest BCUT2D eigenvalue weighted by molar-refractivity contribution is 0.400. The molecular formula is C16H16ClN5O. The molecule has 7 heteroatoms. The number of anilines is 4. The highest BCUT2D eigenvalue weighted by Gasteiger charge is 2.07. The van der Waals surface area contributed by atoms with Gasteiger partial charge in [-0.05, 0) is 38.5 Å². The monoisotopic (exact) mass is 329 g/mol. The highest BCUT2D eigenvalue weighted by molar-refractivity contribution is 6.31. The van der Waals surface area contributed by atoms with Crippen molar-refractivity contribution in [3.63, 3.8) is 0 Å². The molecule has 0 unspecified atom stereocenters. The Kier molecular flexibility index (Phi) is 4.16. The molecule has 0 bridgehead atoms. The number of nitrogens with zero attached hydrogens (tertiary/aromatic N) is 3. The second kappa shape index (κ2) is 6.26. The van der Waals surface area contributed by atoms with Gasteiger partial charge in [-0.1, -0.05) is 22.8 Å². The zero-order valence-corrected chi connectivity index (χ0v) is 13.8. The van der Waals surface area contributed by atoms with E-state index in [0.29, 0.717) is 28.3 Å². The van der Waals surface area contributed by atoms with Crippen LogP contribution in [-0.2, 0) is 0 Å². The van der Waals surface area contributed by atoms with Crippen LogP contribution in [-0.4, -0.2) is 15.1 Å². The van der Waals surface area contributed by atoms with E-state index < -0.39 is 0 Å². The Morgan fingerprint density at radius 1 is 0.957 bits per heavy atom. The van der Waals surface area contributed by atoms with Crippen molar-refractivity contribution in [1.29, 1.82) is 0 Å². The van der Waals surface area contributed by atoms with Gasteiger partial charge in [0.25, 0.3) is 0 Å². The van der Waals surface area contributed by atoms with Crippen molar-refractivity contribution in [3.05, 3.63) is 52.5 Å². The highest BCUT2D eigenvalue weighted by Crippen LogP contribution is 2.26. The summed E-state index contributed by atoms with van der Waals surface area (Å²) in [5, 5.41) is 11.0. The quantitative estimate of drug-likeness (QED) is 0.732. The largest absolute Gasteiger partial charge is 0.360 e. The first-order chi connectivity index (χ1) is 11.0. The van der Waals surface area contributed by atoms with Gasteiger partial charge in [-0.15, -0.1) is 0 Å². The Morgan fingerprint density at radius 3 is 2.39 bits per heavy atom. The predicted octanol–water partition coefficient (Wildman–Crippen LogP) is 4.53. The SMILES string of the molecule is Cc1nc(Nc2cc(C)on2)cc(Nc2cccc(Cl)c2C)n1. The molecule has 0 aliphatic heterocycles. The topological polar surface area (TPSA) is 75.9 Å². The summed E-state index contributed by atoms with van der Waals surface area (Å²) in [5.41, 5.74) is 1.87. The Labute approximate surface area is 138 Å². The molecular weight excluding hydrogens is 314 g/mol. The second-order valence-corrected chi connectivity index (χ2v) is 5.58. The van der Waals surface area contributed by atoms with Crippen LogP contribution in [0.1, 0.15) is 17.1 Å². The van der Waals surface area contributed by atoms with Crippen LogP contribution in [0.2, 0.25) is 5.02 Å². The third-order valence-corrected chi connectivity index (χ3v) is 3.66. The fourth-order valence-corrected chi connectivity index (χ4v) is 2.31. The number of nitrogens with one attached hydrogen (secondary N) is 2. The van der Waals surface area contributed by atoms with Gasteiger partial charge in [0.1, 0.15) is 23.2 Å². The maximum atomic E-state index is 6.15. The normalized spacial score (nSPS) is 10.6. The van der Waals surface area contributed by atoms with Crippen LogP contribution in [0.15, 0.2) is 34.9 Å². The molecule has 3 aromatic rings. The van der Waals surface area contributed by atoms with Crippen molar-refractivity contribution < 1.29 is 4.52 Å². The Bertz CT molecular complexity index is 846. The molecule has 0 aliphatic rings. The molecule has 0 saturated carbocycles. The van der Waals surface area contributed by atoms with Crippen molar-refractivity contribution in [2.24, 2.45) is 0 Å². The number of benzene rings is 1. The molecule has 0 radical (unpaired) electrons. The van der Waals surface area contributed by atoms with Crippen molar-refractivity contribution >= 4 is 34.7 Å². The van der Waals surface area contributed by atoms with Crippen LogP contribution >= 0.6 is 11.6 Å². The van der Waals surface area contributed by atoms with Gasteiger partial charge in [0.05, 0.1) is 0 Å². The smallest absolute Gasteiger partial charge is 0.175 e. The van der Waals surface area contributed by atoms with Crippen LogP contribution in [0.25, 0.3) is 0 Å². The molecule has 23 heavy (non-hydrogen) atoms. The van der Waals surface area contributed by atoms with E-state index in [0.717, 1.165) is 17.0 Å². The molecule has 118 valence electrons. The summed E-state index contributed by atoms with van der Waals surface area (Å²) in [4.78, 5) is 8.75. The number of aryl methyl sites for hydroxylation is 2. The number of rotatable bonds is 4. The number of hydrogen-bond acceptors (Lipinski definition) is 6. The first kappa shape index (κ1) is 15.3. The molecule has 0 fully saturated rings. The molecule has 2 aromatic heterocycles. The van der Waals surface area contributed by atoms with Crippen molar-refractivity contribution in [2.45, 2.75) is 20.8 Å². The first-order valence-electron chi connectivity index (χ1n) is 7.09. The van der Waals surface area contributed by atoms with Gasteiger partial charge in [-0.2, -0.15) is 0 Å². The summed E-state index contributed by atoms with van der Waals surface area (Å²) in [6, 6.07) is 9.30. The van der Waals surface area contributed by atoms with E-state index in [1.807, 2.05) is 39.0 Å². The Hall–Kier alpha value is -2.60. The zero-order chi connectivity index (χ0) is 16.4. The maximum Gasteiger partial charge on any atom is 0.175 e. The van der Waals surface area contributed by atoms with Gasteiger partial charge in [-0.25, -0.2) is 9.97 Å². The molecule has 1 aromatic carbocycles. The first-order valence-corrected chi connectivity index (χ1v) is 7.47. The van der Waals surface area contributed by atoms with Gasteiger partial charge in [0.15, 0.2) is 5.82 Å². The molecule has 3 rings (SSSR count). The third kappa shape index (κ3) is 3.60. The number of aromatic nitrogens is 3. The molecule has 2 N–H and O–H groups in total. The standard InChI is InChI=1S/C16H16ClN5O/c1-9-7-16(22-23-9)21-15-8-14(18-11(3)19-15)20-13-6-4-5-12(17)10(13)2/h4-8H,1-3H3,(H2,18,19,20,21,22). The summed E-state index contributed by atoms with van der Waals surface area (Å²) >= 11 is 6.15. The van der Waals surface area contributed by atoms with E-state index in [4.69, 9.17) is 16.1 Å². The lowest BCUT2D eigenvalue weighted by Gasteiger charge is -2.11. The molecule has 0 saturated heterocycles. The van der Waals surface area contributed by atoms with E-state index >= 15 is 0 Å². The minimum Gasteiger partial charge on any atom is -0.360 e. The summed E-state index contributed by atoms with van der Waals surface area (Å²) in [6.07, 6.45) is 0. The van der Waals surface area contributed by atoms with Crippen LogP contribution in [0.5, 0.6) is 0 Å². The molecule has 0 spiro atoms. The van der Waals surface area contributed by atoms with Crippen LogP contribution in [0, 0.1) is 20.8 Å². The van der Waals surface area contributed by atoms with E-state index in [1.54, 1.807) is 12.1 Å². The van der Waals surface area contributed by atoms with Gasteiger partial charge >= 0.3 is 0 Å². The predicted molar refractivity (Wildman–Crippen MR) is 90.8 cm³/mol. The number of hydrogen-bond donors (Lipinski definition) is 2. The lowest BCUT2D eigenvalue weighted by atomic mass is 10.2. The fraction of sp³-hybridized carbons (Fsp3) is 0.188. The summed E-state index contributed by atoms with van der Waals surface area (Å²) in [5.74, 6) is 3.27. The average molecular weight is 330 g/mol. The van der Waals surface area contributed by atoms with E-state index in [-0.39, 0.29) is 0 Å². The number of halogens is 1. The minimum absolute atomic E-state index is 0.602. The lowest BCUT2D eigenvalue weighted by Crippen LogP contribution is -2.02. The summed E-state index contributed by atoms with van der Waals surface area (Å²) in [7, 11) is 0. The molecule has 6 nitrogen and oxygen atoms in total. The summed E-state index contributed by atoms with van der Waals surface area (Å²) in [6.45, 7) is 5.61. The van der Waals surface area contributed by atoms with Crippen LogP contribution in [0.4, 0.5) is 23.1 Å². The third-order valence-electron chi connectivity index (χ3n) is 3.25. The average Bonchev–Trinajstić information content (AvgIpc) is 2.88. The van der Waals surface area contributed by atoms with Crippen LogP contribution in [0.3, 0.4) is 0 Å². The van der Waals surface area contributed by atoms with Gasteiger partial charge in [0.2, 0.25) is 0 Å².